The molecule has 1 aliphatic heterocycles. The Balaban J connectivity index is 1.71. The van der Waals surface area contributed by atoms with Crippen molar-refractivity contribution < 1.29 is 0 Å². The number of nitrogens with zero attached hydrogens (tertiary/aromatic N) is 4. The Hall–Kier alpha value is -2.10. The molecule has 0 bridgehead atoms. The van der Waals surface area contributed by atoms with Gasteiger partial charge in [0, 0.05) is 44.3 Å². The highest BCUT2D eigenvalue weighted by Gasteiger charge is 2.19. The number of piperazine rings is 1. The molecule has 0 atom stereocenters. The third-order valence-corrected chi connectivity index (χ3v) is 3.86. The van der Waals surface area contributed by atoms with Crippen molar-refractivity contribution in [3.8, 4) is 0 Å². The van der Waals surface area contributed by atoms with Crippen molar-refractivity contribution in [2.24, 2.45) is 0 Å². The van der Waals surface area contributed by atoms with Crippen LogP contribution in [-0.2, 0) is 0 Å². The second-order valence-corrected chi connectivity index (χ2v) is 5.33. The predicted molar refractivity (Wildman–Crippen MR) is 82.4 cm³/mol. The molecule has 3 rings (SSSR count). The van der Waals surface area contributed by atoms with Gasteiger partial charge in [-0.1, -0.05) is 12.1 Å². The normalized spacial score (nSPS) is 15.5. The smallest absolute Gasteiger partial charge is 0.147 e. The van der Waals surface area contributed by atoms with Gasteiger partial charge in [0.25, 0.3) is 0 Å². The summed E-state index contributed by atoms with van der Waals surface area (Å²) in [4.78, 5) is 13.3. The summed E-state index contributed by atoms with van der Waals surface area (Å²) in [6.45, 7) is 8.38. The van der Waals surface area contributed by atoms with E-state index in [1.54, 1.807) is 12.4 Å². The molecular weight excluding hydrogens is 248 g/mol. The van der Waals surface area contributed by atoms with Crippen LogP contribution in [-0.4, -0.2) is 36.1 Å². The molecule has 0 spiro atoms. The maximum absolute atomic E-state index is 4.38. The maximum atomic E-state index is 4.38. The molecule has 0 amide bonds. The largest absolute Gasteiger partial charge is 0.368 e. The number of aryl methyl sites for hydroxylation is 2. The van der Waals surface area contributed by atoms with E-state index < -0.39 is 0 Å². The van der Waals surface area contributed by atoms with Gasteiger partial charge in [-0.25, -0.2) is 4.98 Å². The van der Waals surface area contributed by atoms with Gasteiger partial charge in [-0.05, 0) is 31.0 Å². The fraction of sp³-hybridized carbons (Fsp3) is 0.375. The summed E-state index contributed by atoms with van der Waals surface area (Å²) in [5.41, 5.74) is 4.04. The number of anilines is 2. The zero-order valence-electron chi connectivity index (χ0n) is 12.1. The topological polar surface area (TPSA) is 32.3 Å². The number of hydrogen-bond acceptors (Lipinski definition) is 4. The highest BCUT2D eigenvalue weighted by atomic mass is 15.3. The molecule has 0 N–H and O–H groups in total. The lowest BCUT2D eigenvalue weighted by atomic mass is 10.1. The summed E-state index contributed by atoms with van der Waals surface area (Å²) < 4.78 is 0. The molecule has 20 heavy (non-hydrogen) atoms. The van der Waals surface area contributed by atoms with E-state index in [2.05, 4.69) is 51.8 Å². The molecule has 2 heterocycles. The third-order valence-electron chi connectivity index (χ3n) is 3.86. The van der Waals surface area contributed by atoms with Crippen LogP contribution in [0.4, 0.5) is 11.5 Å². The van der Waals surface area contributed by atoms with Crippen LogP contribution in [0, 0.1) is 13.8 Å². The molecule has 4 nitrogen and oxygen atoms in total. The lowest BCUT2D eigenvalue weighted by molar-refractivity contribution is 0.645. The summed E-state index contributed by atoms with van der Waals surface area (Å²) in [5, 5.41) is 0. The van der Waals surface area contributed by atoms with Crippen LogP contribution in [0.5, 0.6) is 0 Å². The first-order valence-corrected chi connectivity index (χ1v) is 7.07. The molecule has 1 aromatic heterocycles. The molecule has 0 radical (unpaired) electrons. The van der Waals surface area contributed by atoms with Crippen molar-refractivity contribution >= 4 is 11.5 Å². The number of benzene rings is 1. The number of aromatic nitrogens is 2. The van der Waals surface area contributed by atoms with Gasteiger partial charge in [0.1, 0.15) is 5.82 Å². The molecule has 104 valence electrons. The van der Waals surface area contributed by atoms with Gasteiger partial charge in [0.15, 0.2) is 0 Å². The minimum Gasteiger partial charge on any atom is -0.368 e. The molecule has 0 unspecified atom stereocenters. The van der Waals surface area contributed by atoms with Crippen molar-refractivity contribution in [3.05, 3.63) is 47.9 Å². The lowest BCUT2D eigenvalue weighted by Gasteiger charge is -2.37. The molecule has 1 aliphatic rings. The van der Waals surface area contributed by atoms with Crippen LogP contribution < -0.4 is 9.80 Å². The van der Waals surface area contributed by atoms with Crippen LogP contribution in [0.1, 0.15) is 11.1 Å². The van der Waals surface area contributed by atoms with E-state index in [-0.39, 0.29) is 0 Å². The minimum absolute atomic E-state index is 0.980. The summed E-state index contributed by atoms with van der Waals surface area (Å²) in [6.07, 6.45) is 5.32. The highest BCUT2D eigenvalue weighted by molar-refractivity contribution is 5.56. The van der Waals surface area contributed by atoms with E-state index in [9.17, 15) is 0 Å². The second kappa shape index (κ2) is 5.49. The standard InChI is InChI=1S/C16H20N4/c1-13-3-4-14(2)15(11-13)19-7-9-20(10-8-19)16-12-17-5-6-18-16/h3-6,11-12H,7-10H2,1-2H3. The van der Waals surface area contributed by atoms with Gasteiger partial charge in [0.05, 0.1) is 6.20 Å². The fourth-order valence-electron chi connectivity index (χ4n) is 2.69. The minimum atomic E-state index is 0.980. The van der Waals surface area contributed by atoms with E-state index in [1.807, 2.05) is 6.20 Å². The maximum Gasteiger partial charge on any atom is 0.147 e. The fourth-order valence-corrected chi connectivity index (χ4v) is 2.69. The first-order valence-electron chi connectivity index (χ1n) is 7.07. The summed E-state index contributed by atoms with van der Waals surface area (Å²) in [6, 6.07) is 6.67. The van der Waals surface area contributed by atoms with Crippen LogP contribution in [0.3, 0.4) is 0 Å². The Morgan fingerprint density at radius 2 is 1.70 bits per heavy atom. The summed E-state index contributed by atoms with van der Waals surface area (Å²) in [7, 11) is 0. The molecular formula is C16H20N4. The first-order chi connectivity index (χ1) is 9.74. The van der Waals surface area contributed by atoms with E-state index in [1.165, 1.54) is 16.8 Å². The Bertz CT molecular complexity index is 574. The van der Waals surface area contributed by atoms with Crippen LogP contribution >= 0.6 is 0 Å². The molecule has 0 aliphatic carbocycles. The SMILES string of the molecule is Cc1ccc(C)c(N2CCN(c3cnccn3)CC2)c1. The Labute approximate surface area is 120 Å². The summed E-state index contributed by atoms with van der Waals surface area (Å²) >= 11 is 0. The Kier molecular flexibility index (Phi) is 3.54. The first kappa shape index (κ1) is 12.9. The zero-order chi connectivity index (χ0) is 13.9. The van der Waals surface area contributed by atoms with Gasteiger partial charge < -0.3 is 9.80 Å². The van der Waals surface area contributed by atoms with Gasteiger partial charge in [0.2, 0.25) is 0 Å². The average molecular weight is 268 g/mol. The molecule has 2 aromatic rings. The monoisotopic (exact) mass is 268 g/mol. The van der Waals surface area contributed by atoms with E-state index >= 15 is 0 Å². The van der Waals surface area contributed by atoms with Gasteiger partial charge >= 0.3 is 0 Å². The van der Waals surface area contributed by atoms with Crippen molar-refractivity contribution in [1.82, 2.24) is 9.97 Å². The van der Waals surface area contributed by atoms with Crippen LogP contribution in [0.2, 0.25) is 0 Å². The van der Waals surface area contributed by atoms with Crippen LogP contribution in [0.25, 0.3) is 0 Å². The predicted octanol–water partition coefficient (Wildman–Crippen LogP) is 2.42. The number of hydrogen-bond donors (Lipinski definition) is 0. The average Bonchev–Trinajstić information content (AvgIpc) is 2.51. The molecule has 1 saturated heterocycles. The van der Waals surface area contributed by atoms with E-state index in [0.717, 1.165) is 32.0 Å². The lowest BCUT2D eigenvalue weighted by Crippen LogP contribution is -2.47. The van der Waals surface area contributed by atoms with Gasteiger partial charge in [-0.15, -0.1) is 0 Å². The third kappa shape index (κ3) is 2.59. The molecule has 1 aromatic carbocycles. The van der Waals surface area contributed by atoms with Crippen LogP contribution in [0.15, 0.2) is 36.8 Å². The van der Waals surface area contributed by atoms with E-state index in [4.69, 9.17) is 0 Å². The van der Waals surface area contributed by atoms with Crippen molar-refractivity contribution in [1.29, 1.82) is 0 Å². The summed E-state index contributed by atoms with van der Waals surface area (Å²) in [5.74, 6) is 0.980. The molecule has 0 saturated carbocycles. The zero-order valence-corrected chi connectivity index (χ0v) is 12.1. The van der Waals surface area contributed by atoms with Crippen molar-refractivity contribution in [3.63, 3.8) is 0 Å². The number of rotatable bonds is 2. The van der Waals surface area contributed by atoms with Crippen molar-refractivity contribution in [2.45, 2.75) is 13.8 Å². The van der Waals surface area contributed by atoms with Gasteiger partial charge in [-0.3, -0.25) is 4.98 Å². The van der Waals surface area contributed by atoms with Gasteiger partial charge in [-0.2, -0.15) is 0 Å². The molecule has 4 heteroatoms. The molecule has 1 fully saturated rings. The Morgan fingerprint density at radius 1 is 0.950 bits per heavy atom. The quantitative estimate of drug-likeness (QED) is 0.837. The second-order valence-electron chi connectivity index (χ2n) is 5.33. The van der Waals surface area contributed by atoms with Crippen molar-refractivity contribution in [2.75, 3.05) is 36.0 Å². The highest BCUT2D eigenvalue weighted by Crippen LogP contribution is 2.23. The Morgan fingerprint density at radius 3 is 2.40 bits per heavy atom. The van der Waals surface area contributed by atoms with E-state index in [0.29, 0.717) is 0 Å².